The van der Waals surface area contributed by atoms with E-state index in [0.717, 1.165) is 6.42 Å². The quantitative estimate of drug-likeness (QED) is 0.549. The van der Waals surface area contributed by atoms with Gasteiger partial charge in [-0.1, -0.05) is 30.9 Å². The first-order chi connectivity index (χ1) is 17.0. The van der Waals surface area contributed by atoms with Gasteiger partial charge in [0.25, 0.3) is 11.8 Å². The van der Waals surface area contributed by atoms with Crippen molar-refractivity contribution in [1.82, 2.24) is 25.4 Å². The highest BCUT2D eigenvalue weighted by atomic mass is 16.3. The molecule has 1 fully saturated rings. The van der Waals surface area contributed by atoms with Crippen LogP contribution in [0.15, 0.2) is 54.9 Å². The highest BCUT2D eigenvalue weighted by Crippen LogP contribution is 2.17. The van der Waals surface area contributed by atoms with E-state index in [2.05, 4.69) is 32.3 Å². The molecule has 0 aliphatic carbocycles. The molecule has 0 unspecified atom stereocenters. The van der Waals surface area contributed by atoms with Crippen molar-refractivity contribution < 1.29 is 14.7 Å². The zero-order chi connectivity index (χ0) is 24.6. The molecule has 9 heteroatoms. The van der Waals surface area contributed by atoms with Crippen LogP contribution in [0, 0.1) is 11.8 Å². The molecule has 2 amide bonds. The van der Waals surface area contributed by atoms with Crippen LogP contribution in [0.25, 0.3) is 0 Å². The number of benzene rings is 1. The summed E-state index contributed by atoms with van der Waals surface area (Å²) in [5.41, 5.74) is 2.00. The van der Waals surface area contributed by atoms with Gasteiger partial charge in [0.15, 0.2) is 11.5 Å². The summed E-state index contributed by atoms with van der Waals surface area (Å²) >= 11 is 0. The standard InChI is InChI=1S/C26H26N6O3/c1-2-11-28-25(34)23-9-10-24(30-29-23)31-12-14-32(15-13-31)26(35)22-6-4-3-5-20(22)8-7-19-16-21(33)18-27-17-19/h3-6,9-10,16-18,33H,2,11-15H2,1H3,(H,28,34). The summed E-state index contributed by atoms with van der Waals surface area (Å²) in [6, 6.07) is 12.2. The first-order valence-electron chi connectivity index (χ1n) is 11.5. The first kappa shape index (κ1) is 23.7. The van der Waals surface area contributed by atoms with Gasteiger partial charge in [0.05, 0.1) is 11.8 Å². The molecule has 0 atom stereocenters. The number of rotatable bonds is 5. The fraction of sp³-hybridized carbons (Fsp3) is 0.269. The number of pyridine rings is 1. The maximum Gasteiger partial charge on any atom is 0.271 e. The van der Waals surface area contributed by atoms with Crippen LogP contribution < -0.4 is 10.2 Å². The molecule has 1 aromatic carbocycles. The Balaban J connectivity index is 1.40. The minimum Gasteiger partial charge on any atom is -0.506 e. The van der Waals surface area contributed by atoms with Crippen LogP contribution in [0.5, 0.6) is 5.75 Å². The van der Waals surface area contributed by atoms with Crippen molar-refractivity contribution in [2.75, 3.05) is 37.6 Å². The number of aromatic hydroxyl groups is 1. The highest BCUT2D eigenvalue weighted by molar-refractivity contribution is 5.97. The Labute approximate surface area is 203 Å². The summed E-state index contributed by atoms with van der Waals surface area (Å²) < 4.78 is 0. The van der Waals surface area contributed by atoms with Gasteiger partial charge < -0.3 is 20.2 Å². The van der Waals surface area contributed by atoms with Crippen molar-refractivity contribution >= 4 is 17.6 Å². The van der Waals surface area contributed by atoms with E-state index in [-0.39, 0.29) is 23.3 Å². The lowest BCUT2D eigenvalue weighted by Gasteiger charge is -2.35. The van der Waals surface area contributed by atoms with Crippen LogP contribution in [-0.2, 0) is 0 Å². The number of hydrogen-bond donors (Lipinski definition) is 2. The Bertz CT molecular complexity index is 1260. The zero-order valence-electron chi connectivity index (χ0n) is 19.4. The number of amides is 2. The van der Waals surface area contributed by atoms with Crippen molar-refractivity contribution in [3.8, 4) is 17.6 Å². The van der Waals surface area contributed by atoms with Gasteiger partial charge in [-0.2, -0.15) is 0 Å². The minimum absolute atomic E-state index is 0.0399. The predicted octanol–water partition coefficient (Wildman–Crippen LogP) is 2.08. The smallest absolute Gasteiger partial charge is 0.271 e. The number of hydrogen-bond acceptors (Lipinski definition) is 7. The van der Waals surface area contributed by atoms with Crippen molar-refractivity contribution in [3.05, 3.63) is 77.2 Å². The topological polar surface area (TPSA) is 112 Å². The molecule has 3 heterocycles. The second kappa shape index (κ2) is 11.1. The number of aromatic nitrogens is 3. The molecule has 3 aromatic rings. The van der Waals surface area contributed by atoms with Gasteiger partial charge in [-0.25, -0.2) is 0 Å². The monoisotopic (exact) mass is 470 g/mol. The van der Waals surface area contributed by atoms with Crippen molar-refractivity contribution in [3.63, 3.8) is 0 Å². The predicted molar refractivity (Wildman–Crippen MR) is 131 cm³/mol. The Morgan fingerprint density at radius 3 is 2.54 bits per heavy atom. The molecule has 2 aromatic heterocycles. The van der Waals surface area contributed by atoms with Gasteiger partial charge in [0.2, 0.25) is 0 Å². The minimum atomic E-state index is -0.233. The molecule has 0 bridgehead atoms. The molecule has 178 valence electrons. The van der Waals surface area contributed by atoms with E-state index in [0.29, 0.717) is 55.2 Å². The lowest BCUT2D eigenvalue weighted by Crippen LogP contribution is -2.49. The Morgan fingerprint density at radius 1 is 1.03 bits per heavy atom. The maximum absolute atomic E-state index is 13.2. The number of carbonyl (C=O) groups excluding carboxylic acids is 2. The summed E-state index contributed by atoms with van der Waals surface area (Å²) in [5, 5.41) is 20.6. The zero-order valence-corrected chi connectivity index (χ0v) is 19.4. The van der Waals surface area contributed by atoms with Crippen LogP contribution in [0.3, 0.4) is 0 Å². The summed E-state index contributed by atoms with van der Waals surface area (Å²) in [4.78, 5) is 33.0. The fourth-order valence-corrected chi connectivity index (χ4v) is 3.67. The molecule has 0 saturated carbocycles. The van der Waals surface area contributed by atoms with E-state index < -0.39 is 0 Å². The van der Waals surface area contributed by atoms with Crippen LogP contribution in [0.4, 0.5) is 5.82 Å². The van der Waals surface area contributed by atoms with E-state index in [1.807, 2.05) is 24.0 Å². The Hall–Kier alpha value is -4.45. The van der Waals surface area contributed by atoms with Gasteiger partial charge >= 0.3 is 0 Å². The highest BCUT2D eigenvalue weighted by Gasteiger charge is 2.24. The SMILES string of the molecule is CCCNC(=O)c1ccc(N2CCN(C(=O)c3ccccc3C#Cc3cncc(O)c3)CC2)nn1. The molecule has 2 N–H and O–H groups in total. The molecule has 1 aliphatic heterocycles. The van der Waals surface area contributed by atoms with Crippen LogP contribution in [0.2, 0.25) is 0 Å². The number of nitrogens with one attached hydrogen (secondary N) is 1. The third-order valence-electron chi connectivity index (χ3n) is 5.53. The molecule has 9 nitrogen and oxygen atoms in total. The lowest BCUT2D eigenvalue weighted by molar-refractivity contribution is 0.0745. The molecule has 0 spiro atoms. The average Bonchev–Trinajstić information content (AvgIpc) is 2.90. The largest absolute Gasteiger partial charge is 0.506 e. The van der Waals surface area contributed by atoms with E-state index in [1.165, 1.54) is 12.3 Å². The maximum atomic E-state index is 13.2. The summed E-state index contributed by atoms with van der Waals surface area (Å²) in [6.07, 6.45) is 3.75. The van der Waals surface area contributed by atoms with Crippen molar-refractivity contribution in [2.24, 2.45) is 0 Å². The van der Waals surface area contributed by atoms with Crippen LogP contribution in [0.1, 0.15) is 45.3 Å². The number of anilines is 1. The summed E-state index contributed by atoms with van der Waals surface area (Å²) in [5.74, 6) is 6.38. The Morgan fingerprint density at radius 2 is 1.83 bits per heavy atom. The number of piperazine rings is 1. The summed E-state index contributed by atoms with van der Waals surface area (Å²) in [6.45, 7) is 4.84. The first-order valence-corrected chi connectivity index (χ1v) is 11.5. The Kier molecular flexibility index (Phi) is 7.53. The fourth-order valence-electron chi connectivity index (χ4n) is 3.67. The van der Waals surface area contributed by atoms with Gasteiger partial charge in [0, 0.05) is 50.0 Å². The van der Waals surface area contributed by atoms with Crippen LogP contribution >= 0.6 is 0 Å². The average molecular weight is 471 g/mol. The van der Waals surface area contributed by atoms with Crippen molar-refractivity contribution in [2.45, 2.75) is 13.3 Å². The van der Waals surface area contributed by atoms with Crippen molar-refractivity contribution in [1.29, 1.82) is 0 Å². The molecule has 1 aliphatic rings. The van der Waals surface area contributed by atoms with Gasteiger partial charge in [0.1, 0.15) is 5.75 Å². The molecule has 0 radical (unpaired) electrons. The van der Waals surface area contributed by atoms with Gasteiger partial charge in [-0.15, -0.1) is 10.2 Å². The third kappa shape index (κ3) is 5.92. The molecule has 4 rings (SSSR count). The van der Waals surface area contributed by atoms with E-state index in [9.17, 15) is 14.7 Å². The molecular weight excluding hydrogens is 444 g/mol. The van der Waals surface area contributed by atoms with E-state index >= 15 is 0 Å². The summed E-state index contributed by atoms with van der Waals surface area (Å²) in [7, 11) is 0. The second-order valence-electron chi connectivity index (χ2n) is 8.04. The lowest BCUT2D eigenvalue weighted by atomic mass is 10.1. The molecule has 35 heavy (non-hydrogen) atoms. The van der Waals surface area contributed by atoms with Crippen LogP contribution in [-0.4, -0.2) is 69.7 Å². The molecular formula is C26H26N6O3. The van der Waals surface area contributed by atoms with Gasteiger partial charge in [-0.3, -0.25) is 14.6 Å². The molecule has 1 saturated heterocycles. The van der Waals surface area contributed by atoms with Gasteiger partial charge in [-0.05, 0) is 36.8 Å². The normalized spacial score (nSPS) is 13.1. The number of carbonyl (C=O) groups is 2. The van der Waals surface area contributed by atoms with E-state index in [1.54, 1.807) is 35.4 Å². The third-order valence-corrected chi connectivity index (χ3v) is 5.53. The second-order valence-corrected chi connectivity index (χ2v) is 8.04. The van der Waals surface area contributed by atoms with E-state index in [4.69, 9.17) is 0 Å². The number of nitrogens with zero attached hydrogens (tertiary/aromatic N) is 5.